The zero-order valence-corrected chi connectivity index (χ0v) is 25.9. The Bertz CT molecular complexity index is 1550. The Morgan fingerprint density at radius 3 is 2.02 bits per heavy atom. The van der Waals surface area contributed by atoms with E-state index in [4.69, 9.17) is 11.6 Å². The number of anilines is 1. The normalized spacial score (nSPS) is 17.7. The van der Waals surface area contributed by atoms with Crippen molar-refractivity contribution in [2.24, 2.45) is 0 Å². The summed E-state index contributed by atoms with van der Waals surface area (Å²) in [5.74, 6) is -0.325. The predicted molar refractivity (Wildman–Crippen MR) is 165 cm³/mol. The maximum absolute atomic E-state index is 13.6. The van der Waals surface area contributed by atoms with Crippen molar-refractivity contribution in [1.29, 1.82) is 0 Å². The molecule has 0 bridgehead atoms. The lowest BCUT2D eigenvalue weighted by molar-refractivity contribution is -0.129. The van der Waals surface area contributed by atoms with Crippen molar-refractivity contribution in [3.05, 3.63) is 71.1 Å². The predicted octanol–water partition coefficient (Wildman–Crippen LogP) is 2.71. The molecule has 0 saturated carbocycles. The number of amides is 2. The molecule has 2 amide bonds. The molecule has 1 aliphatic heterocycles. The molecule has 228 valence electrons. The Hall–Kier alpha value is -4.07. The van der Waals surface area contributed by atoms with E-state index < -0.39 is 22.1 Å². The van der Waals surface area contributed by atoms with E-state index in [1.54, 1.807) is 57.9 Å². The van der Waals surface area contributed by atoms with Crippen LogP contribution in [0.3, 0.4) is 0 Å². The summed E-state index contributed by atoms with van der Waals surface area (Å²) < 4.78 is 28.4. The molecule has 3 aromatic rings. The van der Waals surface area contributed by atoms with Gasteiger partial charge in [-0.25, -0.2) is 18.4 Å². The van der Waals surface area contributed by atoms with Crippen molar-refractivity contribution in [3.8, 4) is 16.9 Å². The molecule has 1 aromatic carbocycles. The number of halogens is 1. The van der Waals surface area contributed by atoms with Gasteiger partial charge < -0.3 is 19.8 Å². The van der Waals surface area contributed by atoms with Gasteiger partial charge in [-0.15, -0.1) is 0 Å². The van der Waals surface area contributed by atoms with Gasteiger partial charge in [0.05, 0.1) is 12.1 Å². The Morgan fingerprint density at radius 2 is 1.51 bits per heavy atom. The van der Waals surface area contributed by atoms with Crippen LogP contribution in [-0.4, -0.2) is 108 Å². The number of hydrogen-bond donors (Lipinski definition) is 1. The fraction of sp³-hybridized carbons (Fsp3) is 0.345. The zero-order valence-electron chi connectivity index (χ0n) is 24.3. The van der Waals surface area contributed by atoms with E-state index in [1.165, 1.54) is 38.4 Å². The van der Waals surface area contributed by atoms with Gasteiger partial charge in [0.25, 0.3) is 0 Å². The van der Waals surface area contributed by atoms with Crippen LogP contribution in [0.4, 0.5) is 5.95 Å². The summed E-state index contributed by atoms with van der Waals surface area (Å²) in [6.07, 6.45) is 7.84. The van der Waals surface area contributed by atoms with Gasteiger partial charge >= 0.3 is 0 Å². The van der Waals surface area contributed by atoms with Gasteiger partial charge in [0.2, 0.25) is 27.8 Å². The van der Waals surface area contributed by atoms with E-state index in [0.29, 0.717) is 5.02 Å². The van der Waals surface area contributed by atoms with Gasteiger partial charge in [0.1, 0.15) is 5.75 Å². The number of aromatic hydroxyl groups is 1. The number of pyridine rings is 1. The van der Waals surface area contributed by atoms with Crippen LogP contribution in [0.15, 0.2) is 60.5 Å². The highest BCUT2D eigenvalue weighted by Gasteiger charge is 2.41. The highest BCUT2D eigenvalue weighted by atomic mass is 35.5. The minimum atomic E-state index is -4.05. The summed E-state index contributed by atoms with van der Waals surface area (Å²) >= 11 is 5.90. The van der Waals surface area contributed by atoms with Gasteiger partial charge in [-0.2, -0.15) is 4.31 Å². The topological polar surface area (TPSA) is 140 Å². The number of piperazine rings is 1. The minimum absolute atomic E-state index is 0.0389. The van der Waals surface area contributed by atoms with Crippen LogP contribution in [0.5, 0.6) is 5.75 Å². The Balaban J connectivity index is 1.72. The molecule has 1 aliphatic rings. The van der Waals surface area contributed by atoms with Crippen LogP contribution in [0.1, 0.15) is 18.4 Å². The summed E-state index contributed by atoms with van der Waals surface area (Å²) in [4.78, 5) is 43.8. The lowest BCUT2D eigenvalue weighted by atomic mass is 10.0. The number of benzene rings is 1. The molecule has 12 nitrogen and oxygen atoms in total. The quantitative estimate of drug-likeness (QED) is 0.379. The lowest BCUT2D eigenvalue weighted by Crippen LogP contribution is -2.62. The molecule has 0 spiro atoms. The van der Waals surface area contributed by atoms with E-state index >= 15 is 0 Å². The van der Waals surface area contributed by atoms with Crippen LogP contribution in [0, 0.1) is 0 Å². The van der Waals surface area contributed by atoms with Crippen molar-refractivity contribution in [3.63, 3.8) is 0 Å². The first-order valence-electron chi connectivity index (χ1n) is 13.4. The molecule has 1 N–H and O–H groups in total. The number of nitrogens with zero attached hydrogens (tertiary/aromatic N) is 7. The van der Waals surface area contributed by atoms with Gasteiger partial charge in [0.15, 0.2) is 0 Å². The largest absolute Gasteiger partial charge is 0.507 e. The second-order valence-electron chi connectivity index (χ2n) is 10.6. The zero-order chi connectivity index (χ0) is 31.3. The molecule has 1 fully saturated rings. The lowest BCUT2D eigenvalue weighted by Gasteiger charge is -2.46. The maximum atomic E-state index is 13.6. The summed E-state index contributed by atoms with van der Waals surface area (Å²) in [7, 11) is 2.44. The van der Waals surface area contributed by atoms with Crippen LogP contribution in [0.25, 0.3) is 17.2 Å². The number of carbonyl (C=O) groups excluding carboxylic acids is 2. The van der Waals surface area contributed by atoms with Gasteiger partial charge in [-0.3, -0.25) is 14.6 Å². The second-order valence-corrected chi connectivity index (χ2v) is 12.8. The molecule has 2 aromatic heterocycles. The molecule has 1 saturated heterocycles. The van der Waals surface area contributed by atoms with Crippen molar-refractivity contribution < 1.29 is 23.1 Å². The first-order chi connectivity index (χ1) is 20.4. The number of carbonyl (C=O) groups is 2. The fourth-order valence-corrected chi connectivity index (χ4v) is 6.12. The van der Waals surface area contributed by atoms with Crippen molar-refractivity contribution >= 4 is 45.5 Å². The van der Waals surface area contributed by atoms with E-state index in [9.17, 15) is 23.1 Å². The third kappa shape index (κ3) is 7.86. The molecule has 2 atom stereocenters. The van der Waals surface area contributed by atoms with Gasteiger partial charge in [0, 0.05) is 100 Å². The Kier molecular flexibility index (Phi) is 9.99. The van der Waals surface area contributed by atoms with E-state index in [1.807, 2.05) is 12.1 Å². The fourth-order valence-electron chi connectivity index (χ4n) is 4.70. The number of aromatic nitrogens is 3. The van der Waals surface area contributed by atoms with Crippen molar-refractivity contribution in [2.45, 2.75) is 24.9 Å². The third-order valence-electron chi connectivity index (χ3n) is 7.09. The van der Waals surface area contributed by atoms with Gasteiger partial charge in [-0.05, 0) is 42.0 Å². The number of sulfonamides is 1. The maximum Gasteiger partial charge on any atom is 0.236 e. The number of phenols is 1. The summed E-state index contributed by atoms with van der Waals surface area (Å²) in [5, 5.41) is 11.5. The first kappa shape index (κ1) is 31.9. The van der Waals surface area contributed by atoms with Crippen LogP contribution in [0.2, 0.25) is 5.02 Å². The van der Waals surface area contributed by atoms with Crippen LogP contribution >= 0.6 is 11.6 Å². The standard InChI is InChI=1S/C29H34ClN7O5S/c1-34(2)27(39)14-24-18-36(43(41,42)12-9-21-5-6-23(30)13-26(21)38)19-25(15-28(40)35(3)4)37(24)29-32-16-22(17-33-29)20-7-10-31-11-8-20/h5-13,16-17,24-25,38H,14-15,18-19H2,1-4H3. The first-order valence-corrected chi connectivity index (χ1v) is 15.3. The van der Waals surface area contributed by atoms with Crippen LogP contribution in [-0.2, 0) is 19.6 Å². The molecular formula is C29H34ClN7O5S. The van der Waals surface area contributed by atoms with Crippen molar-refractivity contribution in [2.75, 3.05) is 46.2 Å². The molecule has 2 unspecified atom stereocenters. The molecule has 0 aliphatic carbocycles. The van der Waals surface area contributed by atoms with Gasteiger partial charge in [-0.1, -0.05) is 11.6 Å². The number of hydrogen-bond acceptors (Lipinski definition) is 9. The molecular weight excluding hydrogens is 594 g/mol. The molecule has 43 heavy (non-hydrogen) atoms. The van der Waals surface area contributed by atoms with E-state index in [0.717, 1.165) is 16.5 Å². The number of phenolic OH excluding ortho intramolecular Hbond substituents is 1. The van der Waals surface area contributed by atoms with Crippen LogP contribution < -0.4 is 4.90 Å². The SMILES string of the molecule is CN(C)C(=O)CC1CN(S(=O)(=O)C=Cc2ccc(Cl)cc2O)CC(CC(=O)N(C)C)N1c1ncc(-c2ccncc2)cn1. The highest BCUT2D eigenvalue weighted by Crippen LogP contribution is 2.30. The summed E-state index contributed by atoms with van der Waals surface area (Å²) in [6, 6.07) is 6.67. The smallest absolute Gasteiger partial charge is 0.236 e. The van der Waals surface area contributed by atoms with Crippen molar-refractivity contribution in [1.82, 2.24) is 29.1 Å². The Labute approximate surface area is 256 Å². The van der Waals surface area contributed by atoms with E-state index in [-0.39, 0.29) is 55.0 Å². The summed E-state index contributed by atoms with van der Waals surface area (Å²) in [6.45, 7) is -0.109. The monoisotopic (exact) mass is 627 g/mol. The molecule has 0 radical (unpaired) electrons. The number of rotatable bonds is 9. The Morgan fingerprint density at radius 1 is 0.953 bits per heavy atom. The summed E-state index contributed by atoms with van der Waals surface area (Å²) in [5.41, 5.74) is 1.90. The molecule has 14 heteroatoms. The molecule has 3 heterocycles. The average molecular weight is 628 g/mol. The third-order valence-corrected chi connectivity index (χ3v) is 8.82. The van der Waals surface area contributed by atoms with E-state index in [2.05, 4.69) is 15.0 Å². The average Bonchev–Trinajstić information content (AvgIpc) is 2.97. The second kappa shape index (κ2) is 13.5. The highest BCUT2D eigenvalue weighted by molar-refractivity contribution is 7.92. The molecule has 4 rings (SSSR count). The minimum Gasteiger partial charge on any atom is -0.507 e.